The number of hydrogen-bond acceptors (Lipinski definition) is 6. The third-order valence-corrected chi connectivity index (χ3v) is 4.48. The number of ketones is 2. The van der Waals surface area contributed by atoms with Crippen molar-refractivity contribution in [3.05, 3.63) is 52.0 Å². The molecule has 0 amide bonds. The quantitative estimate of drug-likeness (QED) is 0.747. The maximum absolute atomic E-state index is 12.6. The van der Waals surface area contributed by atoms with Gasteiger partial charge in [-0.05, 0) is 55.1 Å². The molecule has 1 aliphatic carbocycles. The van der Waals surface area contributed by atoms with Gasteiger partial charge in [0, 0.05) is 17.1 Å². The molecule has 0 unspecified atom stereocenters. The SMILES string of the molecule is CN(C)CCCNC1=CC(=O)c2nc(-c3ccccc3Br)oc2C1=O. The number of fused-ring (bicyclic) bond motifs is 1. The van der Waals surface area contributed by atoms with Gasteiger partial charge in [-0.3, -0.25) is 9.59 Å². The zero-order valence-electron chi connectivity index (χ0n) is 14.0. The summed E-state index contributed by atoms with van der Waals surface area (Å²) in [4.78, 5) is 31.2. The fourth-order valence-corrected chi connectivity index (χ4v) is 2.98. The zero-order chi connectivity index (χ0) is 18.0. The molecule has 0 saturated heterocycles. The number of halogens is 1. The van der Waals surface area contributed by atoms with Crippen molar-refractivity contribution in [1.29, 1.82) is 0 Å². The number of hydrogen-bond donors (Lipinski definition) is 1. The fraction of sp³-hybridized carbons (Fsp3) is 0.278. The van der Waals surface area contributed by atoms with Gasteiger partial charge < -0.3 is 14.6 Å². The highest BCUT2D eigenvalue weighted by Gasteiger charge is 2.32. The van der Waals surface area contributed by atoms with E-state index in [1.54, 1.807) is 0 Å². The number of nitrogens with zero attached hydrogens (tertiary/aromatic N) is 2. The van der Waals surface area contributed by atoms with Crippen LogP contribution in [-0.4, -0.2) is 48.6 Å². The van der Waals surface area contributed by atoms with Crippen molar-refractivity contribution >= 4 is 27.5 Å². The monoisotopic (exact) mass is 403 g/mol. The summed E-state index contributed by atoms with van der Waals surface area (Å²) in [5.41, 5.74) is 1.01. The largest absolute Gasteiger partial charge is 0.432 e. The first kappa shape index (κ1) is 17.6. The summed E-state index contributed by atoms with van der Waals surface area (Å²) >= 11 is 3.42. The van der Waals surface area contributed by atoms with Crippen LogP contribution in [0.1, 0.15) is 27.5 Å². The van der Waals surface area contributed by atoms with Gasteiger partial charge >= 0.3 is 0 Å². The minimum atomic E-state index is -0.342. The lowest BCUT2D eigenvalue weighted by Gasteiger charge is -2.13. The van der Waals surface area contributed by atoms with Crippen LogP contribution in [0.5, 0.6) is 0 Å². The predicted octanol–water partition coefficient (Wildman–Crippen LogP) is 2.91. The Morgan fingerprint density at radius 1 is 1.24 bits per heavy atom. The maximum atomic E-state index is 12.6. The Morgan fingerprint density at radius 3 is 2.72 bits per heavy atom. The molecule has 0 radical (unpaired) electrons. The van der Waals surface area contributed by atoms with Crippen LogP contribution in [0.25, 0.3) is 11.5 Å². The molecule has 1 aromatic heterocycles. The van der Waals surface area contributed by atoms with Crippen LogP contribution in [0.2, 0.25) is 0 Å². The average Bonchev–Trinajstić information content (AvgIpc) is 3.02. The number of carbonyl (C=O) groups excluding carboxylic acids is 2. The van der Waals surface area contributed by atoms with Crippen LogP contribution in [0.15, 0.2) is 44.9 Å². The third kappa shape index (κ3) is 3.72. The van der Waals surface area contributed by atoms with Crippen LogP contribution in [0, 0.1) is 0 Å². The van der Waals surface area contributed by atoms with Gasteiger partial charge in [-0.1, -0.05) is 12.1 Å². The molecule has 2 aromatic rings. The van der Waals surface area contributed by atoms with Gasteiger partial charge in [0.1, 0.15) is 0 Å². The molecule has 0 bridgehead atoms. The van der Waals surface area contributed by atoms with Crippen molar-refractivity contribution in [3.8, 4) is 11.5 Å². The fourth-order valence-electron chi connectivity index (χ4n) is 2.53. The van der Waals surface area contributed by atoms with Crippen LogP contribution >= 0.6 is 15.9 Å². The first-order chi connectivity index (χ1) is 12.0. The summed E-state index contributed by atoms with van der Waals surface area (Å²) in [5, 5.41) is 3.03. The summed E-state index contributed by atoms with van der Waals surface area (Å²) in [7, 11) is 3.97. The molecule has 1 aliphatic rings. The number of benzene rings is 1. The predicted molar refractivity (Wildman–Crippen MR) is 97.6 cm³/mol. The molecule has 25 heavy (non-hydrogen) atoms. The molecular formula is C18H18BrN3O3. The molecule has 1 heterocycles. The van der Waals surface area contributed by atoms with Crippen LogP contribution < -0.4 is 5.32 Å². The molecule has 130 valence electrons. The maximum Gasteiger partial charge on any atom is 0.246 e. The number of Topliss-reactive ketones (excluding diaryl/α,β-unsaturated/α-hetero) is 1. The minimum absolute atomic E-state index is 0.00615. The summed E-state index contributed by atoms with van der Waals surface area (Å²) in [6, 6.07) is 7.36. The number of oxazole rings is 1. The van der Waals surface area contributed by atoms with Crippen molar-refractivity contribution in [2.45, 2.75) is 6.42 Å². The smallest absolute Gasteiger partial charge is 0.246 e. The molecule has 0 aliphatic heterocycles. The van der Waals surface area contributed by atoms with E-state index in [0.29, 0.717) is 12.1 Å². The van der Waals surface area contributed by atoms with Gasteiger partial charge in [-0.2, -0.15) is 0 Å². The van der Waals surface area contributed by atoms with Gasteiger partial charge in [0.15, 0.2) is 5.69 Å². The Balaban J connectivity index is 1.81. The Hall–Kier alpha value is -2.25. The number of carbonyl (C=O) groups is 2. The number of aromatic nitrogens is 1. The van der Waals surface area contributed by atoms with E-state index < -0.39 is 0 Å². The molecule has 1 N–H and O–H groups in total. The van der Waals surface area contributed by atoms with Gasteiger partial charge in [0.2, 0.25) is 23.2 Å². The van der Waals surface area contributed by atoms with Crippen LogP contribution in [0.3, 0.4) is 0 Å². The minimum Gasteiger partial charge on any atom is -0.432 e. The first-order valence-electron chi connectivity index (χ1n) is 7.92. The molecule has 6 nitrogen and oxygen atoms in total. The van der Waals surface area contributed by atoms with E-state index in [4.69, 9.17) is 4.42 Å². The summed E-state index contributed by atoms with van der Waals surface area (Å²) in [6.45, 7) is 1.49. The Labute approximate surface area is 154 Å². The van der Waals surface area contributed by atoms with E-state index in [-0.39, 0.29) is 34.6 Å². The first-order valence-corrected chi connectivity index (χ1v) is 8.71. The topological polar surface area (TPSA) is 75.4 Å². The van der Waals surface area contributed by atoms with Crippen LogP contribution in [-0.2, 0) is 0 Å². The second kappa shape index (κ2) is 7.33. The number of rotatable bonds is 6. The normalized spacial score (nSPS) is 13.8. The van der Waals surface area contributed by atoms with Gasteiger partial charge in [0.05, 0.1) is 11.3 Å². The summed E-state index contributed by atoms with van der Waals surface area (Å²) in [5.74, 6) is -0.424. The van der Waals surface area contributed by atoms with Crippen LogP contribution in [0.4, 0.5) is 0 Å². The standard InChI is InChI=1S/C18H18BrN3O3/c1-22(2)9-5-8-20-13-10-14(23)15-17(16(13)24)25-18(21-15)11-6-3-4-7-12(11)19/h3-4,6-7,10,20H,5,8-9H2,1-2H3. The summed E-state index contributed by atoms with van der Waals surface area (Å²) in [6.07, 6.45) is 2.16. The lowest BCUT2D eigenvalue weighted by molar-refractivity contribution is 0.0956. The molecule has 7 heteroatoms. The lowest BCUT2D eigenvalue weighted by atomic mass is 10.0. The molecule has 0 saturated carbocycles. The third-order valence-electron chi connectivity index (χ3n) is 3.79. The number of allylic oxidation sites excluding steroid dienone is 2. The van der Waals surface area contributed by atoms with E-state index in [0.717, 1.165) is 17.4 Å². The average molecular weight is 404 g/mol. The van der Waals surface area contributed by atoms with Crippen molar-refractivity contribution in [2.75, 3.05) is 27.2 Å². The van der Waals surface area contributed by atoms with Gasteiger partial charge in [-0.15, -0.1) is 0 Å². The highest BCUT2D eigenvalue weighted by Crippen LogP contribution is 2.31. The van der Waals surface area contributed by atoms with Crippen molar-refractivity contribution in [3.63, 3.8) is 0 Å². The molecule has 0 spiro atoms. The van der Waals surface area contributed by atoms with Gasteiger partial charge in [-0.25, -0.2) is 4.98 Å². The van der Waals surface area contributed by atoms with Gasteiger partial charge in [0.25, 0.3) is 0 Å². The Kier molecular flexibility index (Phi) is 5.15. The van der Waals surface area contributed by atoms with E-state index in [9.17, 15) is 9.59 Å². The van der Waals surface area contributed by atoms with E-state index in [1.165, 1.54) is 6.08 Å². The molecule has 1 aromatic carbocycles. The highest BCUT2D eigenvalue weighted by molar-refractivity contribution is 9.10. The molecule has 3 rings (SSSR count). The Bertz CT molecular complexity index is 855. The molecule has 0 fully saturated rings. The highest BCUT2D eigenvalue weighted by atomic mass is 79.9. The second-order valence-electron chi connectivity index (χ2n) is 6.01. The second-order valence-corrected chi connectivity index (χ2v) is 6.87. The van der Waals surface area contributed by atoms with E-state index >= 15 is 0 Å². The van der Waals surface area contributed by atoms with Crippen molar-refractivity contribution in [2.24, 2.45) is 0 Å². The summed E-state index contributed by atoms with van der Waals surface area (Å²) < 4.78 is 6.41. The van der Waals surface area contributed by atoms with Crippen molar-refractivity contribution < 1.29 is 14.0 Å². The van der Waals surface area contributed by atoms with E-state index in [2.05, 4.69) is 31.1 Å². The molecular weight excluding hydrogens is 386 g/mol. The van der Waals surface area contributed by atoms with E-state index in [1.807, 2.05) is 38.4 Å². The molecule has 0 atom stereocenters. The lowest BCUT2D eigenvalue weighted by Crippen LogP contribution is -2.28. The zero-order valence-corrected chi connectivity index (χ0v) is 15.6. The Morgan fingerprint density at radius 2 is 2.00 bits per heavy atom. The number of nitrogens with one attached hydrogen (secondary N) is 1. The van der Waals surface area contributed by atoms with Crippen molar-refractivity contribution in [1.82, 2.24) is 15.2 Å².